The molecule has 0 saturated carbocycles. The van der Waals surface area contributed by atoms with E-state index in [1.807, 2.05) is 7.05 Å². The largest absolute Gasteiger partial charge is 0.364 e. The Balaban J connectivity index is 2.51. The number of thiophene rings is 1. The van der Waals surface area contributed by atoms with Gasteiger partial charge in [-0.15, -0.1) is 11.3 Å². The van der Waals surface area contributed by atoms with Gasteiger partial charge in [-0.25, -0.2) is 4.98 Å². The first-order valence-corrected chi connectivity index (χ1v) is 7.57. The lowest BCUT2D eigenvalue weighted by molar-refractivity contribution is 0.477. The van der Waals surface area contributed by atoms with Gasteiger partial charge in [-0.2, -0.15) is 4.98 Å². The Morgan fingerprint density at radius 1 is 1.26 bits per heavy atom. The van der Waals surface area contributed by atoms with Crippen molar-refractivity contribution in [2.24, 2.45) is 0 Å². The Hall–Kier alpha value is -1.36. The molecule has 0 atom stereocenters. The second-order valence-electron chi connectivity index (χ2n) is 5.11. The molecule has 2 rings (SSSR count). The summed E-state index contributed by atoms with van der Waals surface area (Å²) in [5.41, 5.74) is 0.0716. The minimum atomic E-state index is 0.0716. The monoisotopic (exact) mass is 278 g/mol. The van der Waals surface area contributed by atoms with Crippen LogP contribution in [0.15, 0.2) is 6.07 Å². The van der Waals surface area contributed by atoms with E-state index in [0.717, 1.165) is 28.9 Å². The Kier molecular flexibility index (Phi) is 3.94. The maximum Gasteiger partial charge on any atom is 0.225 e. The minimum Gasteiger partial charge on any atom is -0.364 e. The summed E-state index contributed by atoms with van der Waals surface area (Å²) in [5, 5.41) is 7.76. The lowest BCUT2D eigenvalue weighted by Gasteiger charge is -2.29. The van der Waals surface area contributed by atoms with Crippen LogP contribution < -0.4 is 10.6 Å². The fraction of sp³-hybridized carbons (Fsp3) is 0.571. The van der Waals surface area contributed by atoms with E-state index in [9.17, 15) is 0 Å². The van der Waals surface area contributed by atoms with Crippen LogP contribution in [0.5, 0.6) is 0 Å². The van der Waals surface area contributed by atoms with Crippen LogP contribution in [-0.4, -0.2) is 22.6 Å². The molecule has 0 spiro atoms. The van der Waals surface area contributed by atoms with Crippen LogP contribution in [0.2, 0.25) is 0 Å². The summed E-state index contributed by atoms with van der Waals surface area (Å²) in [7, 11) is 1.85. The molecule has 2 aromatic heterocycles. The topological polar surface area (TPSA) is 49.8 Å². The van der Waals surface area contributed by atoms with Gasteiger partial charge in [0, 0.05) is 17.5 Å². The van der Waals surface area contributed by atoms with Crippen molar-refractivity contribution in [1.82, 2.24) is 9.97 Å². The van der Waals surface area contributed by atoms with E-state index < -0.39 is 0 Å². The Labute approximate surface area is 118 Å². The zero-order valence-corrected chi connectivity index (χ0v) is 13.1. The van der Waals surface area contributed by atoms with Crippen LogP contribution >= 0.6 is 11.3 Å². The molecule has 2 heterocycles. The molecule has 4 nitrogen and oxygen atoms in total. The van der Waals surface area contributed by atoms with Crippen LogP contribution in [0.1, 0.15) is 38.5 Å². The predicted octanol–water partition coefficient (Wildman–Crippen LogP) is 4.03. The highest BCUT2D eigenvalue weighted by Crippen LogP contribution is 2.32. The molecule has 104 valence electrons. The van der Waals surface area contributed by atoms with Gasteiger partial charge in [0.1, 0.15) is 10.6 Å². The molecule has 19 heavy (non-hydrogen) atoms. The quantitative estimate of drug-likeness (QED) is 0.867. The lowest BCUT2D eigenvalue weighted by atomic mass is 9.95. The summed E-state index contributed by atoms with van der Waals surface area (Å²) >= 11 is 1.71. The van der Waals surface area contributed by atoms with E-state index in [2.05, 4.69) is 54.4 Å². The van der Waals surface area contributed by atoms with E-state index in [4.69, 9.17) is 0 Å². The summed E-state index contributed by atoms with van der Waals surface area (Å²) in [6.45, 7) is 8.74. The van der Waals surface area contributed by atoms with Gasteiger partial charge in [0.15, 0.2) is 0 Å². The van der Waals surface area contributed by atoms with E-state index in [0.29, 0.717) is 5.95 Å². The first-order chi connectivity index (χ1) is 9.01. The number of aryl methyl sites for hydroxylation is 1. The third-order valence-corrected chi connectivity index (χ3v) is 4.66. The molecule has 5 heteroatoms. The van der Waals surface area contributed by atoms with Crippen molar-refractivity contribution in [2.45, 2.75) is 46.1 Å². The zero-order chi connectivity index (χ0) is 14.0. The number of fused-ring (bicyclic) bond motifs is 1. The molecule has 2 aromatic rings. The van der Waals surface area contributed by atoms with Crippen LogP contribution in [0, 0.1) is 6.92 Å². The minimum absolute atomic E-state index is 0.0716. The second-order valence-corrected chi connectivity index (χ2v) is 6.35. The number of rotatable bonds is 5. The maximum absolute atomic E-state index is 4.59. The van der Waals surface area contributed by atoms with Crippen molar-refractivity contribution >= 4 is 33.3 Å². The van der Waals surface area contributed by atoms with Gasteiger partial charge in [-0.05, 0) is 32.8 Å². The van der Waals surface area contributed by atoms with Gasteiger partial charge in [0.25, 0.3) is 0 Å². The zero-order valence-electron chi connectivity index (χ0n) is 12.3. The average molecular weight is 278 g/mol. The average Bonchev–Trinajstić information content (AvgIpc) is 2.79. The van der Waals surface area contributed by atoms with Gasteiger partial charge < -0.3 is 10.6 Å². The SMILES string of the molecule is CCC(C)(CC)Nc1nc(NC)nc2sc(C)cc12. The number of anilines is 2. The van der Waals surface area contributed by atoms with Crippen molar-refractivity contribution in [3.63, 3.8) is 0 Å². The first kappa shape index (κ1) is 14.1. The summed E-state index contributed by atoms with van der Waals surface area (Å²) in [6, 6.07) is 2.16. The highest BCUT2D eigenvalue weighted by atomic mass is 32.1. The number of hydrogen-bond donors (Lipinski definition) is 2. The molecule has 0 bridgehead atoms. The van der Waals surface area contributed by atoms with Gasteiger partial charge >= 0.3 is 0 Å². The highest BCUT2D eigenvalue weighted by Gasteiger charge is 2.22. The Morgan fingerprint density at radius 3 is 2.53 bits per heavy atom. The molecule has 0 aromatic carbocycles. The third kappa shape index (κ3) is 2.81. The molecule has 0 unspecified atom stereocenters. The van der Waals surface area contributed by atoms with E-state index in [1.54, 1.807) is 11.3 Å². The third-order valence-electron chi connectivity index (χ3n) is 3.72. The Morgan fingerprint density at radius 2 is 1.95 bits per heavy atom. The van der Waals surface area contributed by atoms with Gasteiger partial charge in [0.2, 0.25) is 5.95 Å². The van der Waals surface area contributed by atoms with Crippen molar-refractivity contribution in [3.8, 4) is 0 Å². The van der Waals surface area contributed by atoms with Crippen molar-refractivity contribution < 1.29 is 0 Å². The summed E-state index contributed by atoms with van der Waals surface area (Å²) < 4.78 is 0. The lowest BCUT2D eigenvalue weighted by Crippen LogP contribution is -2.33. The van der Waals surface area contributed by atoms with Gasteiger partial charge in [-0.3, -0.25) is 0 Å². The summed E-state index contributed by atoms with van der Waals surface area (Å²) in [6.07, 6.45) is 2.13. The first-order valence-electron chi connectivity index (χ1n) is 6.75. The smallest absolute Gasteiger partial charge is 0.225 e. The van der Waals surface area contributed by atoms with Crippen molar-refractivity contribution in [3.05, 3.63) is 10.9 Å². The number of hydrogen-bond acceptors (Lipinski definition) is 5. The van der Waals surface area contributed by atoms with Crippen molar-refractivity contribution in [2.75, 3.05) is 17.7 Å². The predicted molar refractivity (Wildman–Crippen MR) is 84.3 cm³/mol. The Bertz CT molecular complexity index is 572. The van der Waals surface area contributed by atoms with E-state index >= 15 is 0 Å². The molecular weight excluding hydrogens is 256 g/mol. The van der Waals surface area contributed by atoms with Crippen LogP contribution in [0.3, 0.4) is 0 Å². The molecule has 0 saturated heterocycles. The molecule has 0 aliphatic heterocycles. The van der Waals surface area contributed by atoms with E-state index in [-0.39, 0.29) is 5.54 Å². The molecule has 0 aliphatic carbocycles. The summed E-state index contributed by atoms with van der Waals surface area (Å²) in [5.74, 6) is 1.61. The fourth-order valence-corrected chi connectivity index (χ4v) is 2.84. The maximum atomic E-state index is 4.59. The number of aromatic nitrogens is 2. The van der Waals surface area contributed by atoms with Crippen LogP contribution in [0.25, 0.3) is 10.2 Å². The van der Waals surface area contributed by atoms with E-state index in [1.165, 1.54) is 4.88 Å². The van der Waals surface area contributed by atoms with Gasteiger partial charge in [0.05, 0.1) is 5.39 Å². The fourth-order valence-electron chi connectivity index (χ4n) is 1.96. The molecule has 0 aliphatic rings. The molecule has 0 amide bonds. The molecule has 0 radical (unpaired) electrons. The number of nitrogens with zero attached hydrogens (tertiary/aromatic N) is 2. The molecule has 0 fully saturated rings. The van der Waals surface area contributed by atoms with Crippen LogP contribution in [-0.2, 0) is 0 Å². The molecular formula is C14H22N4S. The summed E-state index contributed by atoms with van der Waals surface area (Å²) in [4.78, 5) is 11.4. The molecule has 2 N–H and O–H groups in total. The van der Waals surface area contributed by atoms with Crippen LogP contribution in [0.4, 0.5) is 11.8 Å². The van der Waals surface area contributed by atoms with Gasteiger partial charge in [-0.1, -0.05) is 13.8 Å². The normalized spacial score (nSPS) is 11.8. The highest BCUT2D eigenvalue weighted by molar-refractivity contribution is 7.18. The standard InChI is InChI=1S/C14H22N4S/c1-6-14(4,7-2)18-11-10-8-9(3)19-12(10)17-13(15-5)16-11/h8H,6-7H2,1-5H3,(H2,15,16,17,18). The second kappa shape index (κ2) is 5.33. The number of nitrogens with one attached hydrogen (secondary N) is 2. The van der Waals surface area contributed by atoms with Crippen molar-refractivity contribution in [1.29, 1.82) is 0 Å².